The molecule has 11 heteroatoms. The van der Waals surface area contributed by atoms with Crippen LogP contribution in [0.1, 0.15) is 62.1 Å². The zero-order chi connectivity index (χ0) is 29.3. The highest BCUT2D eigenvalue weighted by Crippen LogP contribution is 2.39. The van der Waals surface area contributed by atoms with E-state index in [2.05, 4.69) is 20.8 Å². The lowest BCUT2D eigenvalue weighted by Crippen LogP contribution is -2.33. The number of amides is 2. The van der Waals surface area contributed by atoms with E-state index in [4.69, 9.17) is 23.7 Å². The molecule has 222 valence electrons. The maximum absolute atomic E-state index is 12.6. The fourth-order valence-corrected chi connectivity index (χ4v) is 4.94. The van der Waals surface area contributed by atoms with Crippen LogP contribution in [0.2, 0.25) is 0 Å². The second kappa shape index (κ2) is 14.0. The van der Waals surface area contributed by atoms with E-state index in [1.165, 1.54) is 12.3 Å². The second-order valence-electron chi connectivity index (χ2n) is 10.5. The number of carbonyl (C=O) groups excluding carboxylic acids is 2. The molecule has 2 atom stereocenters. The predicted molar refractivity (Wildman–Crippen MR) is 154 cm³/mol. The van der Waals surface area contributed by atoms with Crippen LogP contribution >= 0.6 is 0 Å². The number of ether oxygens (including phenoxy) is 5. The van der Waals surface area contributed by atoms with Crippen LogP contribution in [0, 0.1) is 0 Å². The predicted octanol–water partition coefficient (Wildman–Crippen LogP) is 5.34. The molecule has 42 heavy (non-hydrogen) atoms. The first kappa shape index (κ1) is 29.2. The van der Waals surface area contributed by atoms with Crippen molar-refractivity contribution in [2.45, 2.75) is 64.1 Å². The maximum atomic E-state index is 12.6. The molecule has 3 aromatic rings. The van der Waals surface area contributed by atoms with Gasteiger partial charge in [0.05, 0.1) is 25.0 Å². The summed E-state index contributed by atoms with van der Waals surface area (Å²) in [6.45, 7) is 5.07. The molecule has 0 bridgehead atoms. The standard InChI is InChI=1S/C31H36N4O7/c1-20(2)32-31(37)42-23-12-11-22(17-23)24-18-27(35-34-24)33-28(36)13-14-38-25-9-6-10-26(29(25)30-39-15-16-40-30)41-19-21-7-4-3-5-8-21/h3-10,13-14,18,20,22-23,30H,11-12,15-17,19H2,1-2H3,(H,32,37)(H2,33,34,35,36)/b14-13+/t22-,23+/m0/s1. The number of benzene rings is 2. The molecule has 2 aromatic carbocycles. The molecule has 1 aromatic heterocycles. The van der Waals surface area contributed by atoms with Crippen LogP contribution in [0.3, 0.4) is 0 Å². The highest BCUT2D eigenvalue weighted by Gasteiger charge is 2.30. The summed E-state index contributed by atoms with van der Waals surface area (Å²) in [5.74, 6) is 1.18. The van der Waals surface area contributed by atoms with E-state index < -0.39 is 18.3 Å². The van der Waals surface area contributed by atoms with Crippen molar-refractivity contribution in [2.24, 2.45) is 0 Å². The Bertz CT molecular complexity index is 1370. The fraction of sp³-hybridized carbons (Fsp3) is 0.387. The van der Waals surface area contributed by atoms with E-state index in [9.17, 15) is 9.59 Å². The number of hydrogen-bond donors (Lipinski definition) is 3. The topological polar surface area (TPSA) is 133 Å². The van der Waals surface area contributed by atoms with Crippen LogP contribution in [-0.2, 0) is 25.6 Å². The molecular weight excluding hydrogens is 540 g/mol. The quantitative estimate of drug-likeness (QED) is 0.206. The molecule has 1 saturated heterocycles. The summed E-state index contributed by atoms with van der Waals surface area (Å²) in [7, 11) is 0. The second-order valence-corrected chi connectivity index (χ2v) is 10.5. The van der Waals surface area contributed by atoms with E-state index in [-0.39, 0.29) is 18.1 Å². The number of alkyl carbamates (subject to hydrolysis) is 1. The minimum absolute atomic E-state index is 0.0226. The maximum Gasteiger partial charge on any atom is 0.407 e. The number of anilines is 1. The van der Waals surface area contributed by atoms with Crippen LogP contribution in [0.15, 0.2) is 66.9 Å². The lowest BCUT2D eigenvalue weighted by Gasteiger charge is -2.18. The Morgan fingerprint density at radius 1 is 1.07 bits per heavy atom. The first-order valence-electron chi connectivity index (χ1n) is 14.1. The molecule has 2 heterocycles. The summed E-state index contributed by atoms with van der Waals surface area (Å²) in [4.78, 5) is 24.5. The van der Waals surface area contributed by atoms with Crippen molar-refractivity contribution in [1.29, 1.82) is 0 Å². The third-order valence-corrected chi connectivity index (χ3v) is 6.89. The molecule has 1 aliphatic carbocycles. The van der Waals surface area contributed by atoms with Crippen LogP contribution < -0.4 is 20.1 Å². The Kier molecular flexibility index (Phi) is 9.73. The molecule has 2 fully saturated rings. The van der Waals surface area contributed by atoms with Gasteiger partial charge in [0.1, 0.15) is 24.2 Å². The third-order valence-electron chi connectivity index (χ3n) is 6.89. The van der Waals surface area contributed by atoms with Crippen molar-refractivity contribution < 1.29 is 33.3 Å². The summed E-state index contributed by atoms with van der Waals surface area (Å²) in [5.41, 5.74) is 2.53. The number of nitrogens with one attached hydrogen (secondary N) is 3. The zero-order valence-corrected chi connectivity index (χ0v) is 23.7. The summed E-state index contributed by atoms with van der Waals surface area (Å²) in [6.07, 6.45) is 3.72. The normalized spacial score (nSPS) is 18.8. The van der Waals surface area contributed by atoms with E-state index in [1.807, 2.05) is 56.3 Å². The van der Waals surface area contributed by atoms with Gasteiger partial charge in [0.2, 0.25) is 0 Å². The molecule has 2 aliphatic rings. The Morgan fingerprint density at radius 3 is 2.64 bits per heavy atom. The minimum atomic E-state index is -0.637. The Morgan fingerprint density at radius 2 is 1.86 bits per heavy atom. The third kappa shape index (κ3) is 7.89. The first-order valence-corrected chi connectivity index (χ1v) is 14.1. The number of nitrogens with zero attached hydrogens (tertiary/aromatic N) is 1. The van der Waals surface area contributed by atoms with Gasteiger partial charge in [-0.05, 0) is 50.8 Å². The van der Waals surface area contributed by atoms with Gasteiger partial charge < -0.3 is 34.3 Å². The van der Waals surface area contributed by atoms with Gasteiger partial charge in [0.15, 0.2) is 12.1 Å². The molecule has 2 amide bonds. The van der Waals surface area contributed by atoms with Gasteiger partial charge in [-0.1, -0.05) is 36.4 Å². The van der Waals surface area contributed by atoms with Crippen molar-refractivity contribution in [3.8, 4) is 11.5 Å². The van der Waals surface area contributed by atoms with Gasteiger partial charge in [-0.15, -0.1) is 0 Å². The van der Waals surface area contributed by atoms with Crippen molar-refractivity contribution in [1.82, 2.24) is 15.5 Å². The van der Waals surface area contributed by atoms with Crippen molar-refractivity contribution >= 4 is 17.8 Å². The molecule has 5 rings (SSSR count). The number of aromatic nitrogens is 2. The molecule has 0 radical (unpaired) electrons. The molecule has 1 aliphatic heterocycles. The van der Waals surface area contributed by atoms with Gasteiger partial charge >= 0.3 is 6.09 Å². The van der Waals surface area contributed by atoms with Gasteiger partial charge in [0, 0.05) is 29.8 Å². The lowest BCUT2D eigenvalue weighted by atomic mass is 10.0. The average Bonchev–Trinajstić information content (AvgIpc) is 3.75. The van der Waals surface area contributed by atoms with E-state index in [0.29, 0.717) is 49.1 Å². The fourth-order valence-electron chi connectivity index (χ4n) is 4.94. The van der Waals surface area contributed by atoms with Crippen LogP contribution in [-0.4, -0.2) is 47.6 Å². The van der Waals surface area contributed by atoms with Gasteiger partial charge in [-0.25, -0.2) is 4.79 Å². The van der Waals surface area contributed by atoms with Gasteiger partial charge in [-0.2, -0.15) is 5.10 Å². The number of aromatic amines is 1. The molecule has 3 N–H and O–H groups in total. The Hall–Kier alpha value is -4.35. The Balaban J connectivity index is 1.16. The molecule has 1 saturated carbocycles. The monoisotopic (exact) mass is 576 g/mol. The van der Waals surface area contributed by atoms with E-state index in [1.54, 1.807) is 12.1 Å². The van der Waals surface area contributed by atoms with Crippen molar-refractivity contribution in [3.05, 3.63) is 83.8 Å². The molecular formula is C31H36N4O7. The zero-order valence-electron chi connectivity index (χ0n) is 23.7. The average molecular weight is 577 g/mol. The summed E-state index contributed by atoms with van der Waals surface area (Å²) < 4.78 is 28.9. The summed E-state index contributed by atoms with van der Waals surface area (Å²) >= 11 is 0. The Labute approximate surface area is 244 Å². The van der Waals surface area contributed by atoms with Gasteiger partial charge in [0.25, 0.3) is 5.91 Å². The first-order chi connectivity index (χ1) is 20.4. The van der Waals surface area contributed by atoms with Gasteiger partial charge in [-0.3, -0.25) is 9.89 Å². The number of hydrogen-bond acceptors (Lipinski definition) is 8. The van der Waals surface area contributed by atoms with Crippen LogP contribution in [0.5, 0.6) is 11.5 Å². The smallest absolute Gasteiger partial charge is 0.407 e. The van der Waals surface area contributed by atoms with Crippen LogP contribution in [0.4, 0.5) is 10.6 Å². The molecule has 0 unspecified atom stereocenters. The highest BCUT2D eigenvalue weighted by molar-refractivity contribution is 5.98. The van der Waals surface area contributed by atoms with E-state index in [0.717, 1.165) is 24.1 Å². The highest BCUT2D eigenvalue weighted by atomic mass is 16.7. The SMILES string of the molecule is CC(C)NC(=O)O[C@@H]1CC[C@H](c2cc(NC(=O)/C=C/Oc3cccc(OCc4ccccc4)c3C3OCCO3)n[nH]2)C1. The summed E-state index contributed by atoms with van der Waals surface area (Å²) in [5, 5.41) is 12.7. The number of carbonyl (C=O) groups is 2. The minimum Gasteiger partial charge on any atom is -0.488 e. The van der Waals surface area contributed by atoms with E-state index >= 15 is 0 Å². The van der Waals surface area contributed by atoms with Crippen molar-refractivity contribution in [3.63, 3.8) is 0 Å². The largest absolute Gasteiger partial charge is 0.488 e. The lowest BCUT2D eigenvalue weighted by molar-refractivity contribution is -0.112. The summed E-state index contributed by atoms with van der Waals surface area (Å²) in [6, 6.07) is 17.1. The molecule has 11 nitrogen and oxygen atoms in total. The molecule has 0 spiro atoms. The van der Waals surface area contributed by atoms with Crippen LogP contribution in [0.25, 0.3) is 0 Å². The number of rotatable bonds is 11. The van der Waals surface area contributed by atoms with Crippen molar-refractivity contribution in [2.75, 3.05) is 18.5 Å². The number of H-pyrrole nitrogens is 1.